The molecule has 1 heterocycles. The van der Waals surface area contributed by atoms with Crippen molar-refractivity contribution in [2.24, 2.45) is 0 Å². The van der Waals surface area contributed by atoms with Gasteiger partial charge in [-0.2, -0.15) is 0 Å². The monoisotopic (exact) mass is 206 g/mol. The summed E-state index contributed by atoms with van der Waals surface area (Å²) in [4.78, 5) is 11.8. The van der Waals surface area contributed by atoms with Crippen molar-refractivity contribution in [3.63, 3.8) is 0 Å². The second-order valence-electron chi connectivity index (χ2n) is 3.78. The number of carbonyl (C=O) groups excluding carboxylic acids is 1. The van der Waals surface area contributed by atoms with Crippen molar-refractivity contribution >= 4 is 11.6 Å². The van der Waals surface area contributed by atoms with Crippen LogP contribution < -0.4 is 11.1 Å². The third-order valence-corrected chi connectivity index (χ3v) is 2.48. The number of benzene rings is 1. The van der Waals surface area contributed by atoms with Crippen molar-refractivity contribution in [1.82, 2.24) is 5.32 Å². The van der Waals surface area contributed by atoms with E-state index in [-0.39, 0.29) is 11.9 Å². The highest BCUT2D eigenvalue weighted by Crippen LogP contribution is 2.13. The molecule has 1 aliphatic rings. The van der Waals surface area contributed by atoms with Gasteiger partial charge in [0.15, 0.2) is 0 Å². The van der Waals surface area contributed by atoms with E-state index < -0.39 is 0 Å². The van der Waals surface area contributed by atoms with E-state index in [1.54, 1.807) is 12.1 Å². The Bertz CT molecular complexity index is 386. The van der Waals surface area contributed by atoms with Gasteiger partial charge in [0.2, 0.25) is 0 Å². The zero-order valence-electron chi connectivity index (χ0n) is 8.62. The summed E-state index contributed by atoms with van der Waals surface area (Å²) in [5.74, 6) is -0.0758. The van der Waals surface area contributed by atoms with Crippen molar-refractivity contribution in [2.45, 2.75) is 13.0 Å². The number of rotatable bonds is 2. The SMILES string of the molecule is Cc1ccc(N)cc1C(=O)NC1COC1. The van der Waals surface area contributed by atoms with Gasteiger partial charge < -0.3 is 15.8 Å². The van der Waals surface area contributed by atoms with E-state index in [1.165, 1.54) is 0 Å². The highest BCUT2D eigenvalue weighted by atomic mass is 16.5. The van der Waals surface area contributed by atoms with Crippen LogP contribution in [0.4, 0.5) is 5.69 Å². The molecule has 0 aromatic heterocycles. The maximum atomic E-state index is 11.8. The molecule has 2 rings (SSSR count). The molecule has 15 heavy (non-hydrogen) atoms. The predicted octanol–water partition coefficient (Wildman–Crippen LogP) is 0.706. The first kappa shape index (κ1) is 9.98. The van der Waals surface area contributed by atoms with Gasteiger partial charge in [0, 0.05) is 11.3 Å². The first-order valence-electron chi connectivity index (χ1n) is 4.91. The van der Waals surface area contributed by atoms with Gasteiger partial charge in [-0.1, -0.05) is 6.07 Å². The zero-order valence-corrected chi connectivity index (χ0v) is 8.62. The molecule has 0 unspecified atom stereocenters. The van der Waals surface area contributed by atoms with Crippen LogP contribution in [0.5, 0.6) is 0 Å². The summed E-state index contributed by atoms with van der Waals surface area (Å²) in [6, 6.07) is 5.49. The van der Waals surface area contributed by atoms with Gasteiger partial charge >= 0.3 is 0 Å². The van der Waals surface area contributed by atoms with E-state index in [0.29, 0.717) is 24.5 Å². The number of carbonyl (C=O) groups is 1. The van der Waals surface area contributed by atoms with E-state index in [2.05, 4.69) is 5.32 Å². The number of hydrogen-bond donors (Lipinski definition) is 2. The van der Waals surface area contributed by atoms with Crippen molar-refractivity contribution in [2.75, 3.05) is 18.9 Å². The molecule has 0 aliphatic carbocycles. The third kappa shape index (κ3) is 2.10. The number of aryl methyl sites for hydroxylation is 1. The molecule has 1 saturated heterocycles. The molecular formula is C11H14N2O2. The Labute approximate surface area is 88.4 Å². The van der Waals surface area contributed by atoms with Crippen LogP contribution in [0.15, 0.2) is 18.2 Å². The fraction of sp³-hybridized carbons (Fsp3) is 0.364. The number of nitrogen functional groups attached to an aromatic ring is 1. The molecule has 0 radical (unpaired) electrons. The third-order valence-electron chi connectivity index (χ3n) is 2.48. The highest BCUT2D eigenvalue weighted by Gasteiger charge is 2.21. The maximum absolute atomic E-state index is 11.8. The van der Waals surface area contributed by atoms with Crippen LogP contribution in [0.3, 0.4) is 0 Å². The van der Waals surface area contributed by atoms with Gasteiger partial charge in [0.05, 0.1) is 19.3 Å². The maximum Gasteiger partial charge on any atom is 0.252 e. The Morgan fingerprint density at radius 3 is 2.87 bits per heavy atom. The van der Waals surface area contributed by atoms with Crippen LogP contribution in [-0.2, 0) is 4.74 Å². The van der Waals surface area contributed by atoms with Crippen LogP contribution >= 0.6 is 0 Å². The van der Waals surface area contributed by atoms with Crippen LogP contribution in [-0.4, -0.2) is 25.2 Å². The summed E-state index contributed by atoms with van der Waals surface area (Å²) in [6.07, 6.45) is 0. The van der Waals surface area contributed by atoms with E-state index in [9.17, 15) is 4.79 Å². The van der Waals surface area contributed by atoms with Crippen molar-refractivity contribution in [1.29, 1.82) is 0 Å². The summed E-state index contributed by atoms with van der Waals surface area (Å²) in [7, 11) is 0. The Hall–Kier alpha value is -1.55. The normalized spacial score (nSPS) is 15.8. The van der Waals surface area contributed by atoms with Gasteiger partial charge in [0.1, 0.15) is 0 Å². The Kier molecular flexibility index (Phi) is 2.60. The quantitative estimate of drug-likeness (QED) is 0.700. The van der Waals surface area contributed by atoms with Gasteiger partial charge in [-0.25, -0.2) is 0 Å². The van der Waals surface area contributed by atoms with Crippen LogP contribution in [0.1, 0.15) is 15.9 Å². The molecule has 80 valence electrons. The molecular weight excluding hydrogens is 192 g/mol. The van der Waals surface area contributed by atoms with Crippen LogP contribution in [0, 0.1) is 6.92 Å². The number of nitrogens with two attached hydrogens (primary N) is 1. The fourth-order valence-electron chi connectivity index (χ4n) is 1.47. The first-order chi connectivity index (χ1) is 7.16. The largest absolute Gasteiger partial charge is 0.399 e. The molecule has 4 heteroatoms. The number of amides is 1. The predicted molar refractivity (Wildman–Crippen MR) is 57.7 cm³/mol. The van der Waals surface area contributed by atoms with Gasteiger partial charge in [-0.3, -0.25) is 4.79 Å². The number of ether oxygens (including phenoxy) is 1. The molecule has 0 atom stereocenters. The van der Waals surface area contributed by atoms with Gasteiger partial charge in [-0.15, -0.1) is 0 Å². The smallest absolute Gasteiger partial charge is 0.252 e. The Morgan fingerprint density at radius 2 is 2.27 bits per heavy atom. The number of anilines is 1. The molecule has 1 fully saturated rings. The van der Waals surface area contributed by atoms with Crippen molar-refractivity contribution < 1.29 is 9.53 Å². The summed E-state index contributed by atoms with van der Waals surface area (Å²) >= 11 is 0. The Balaban J connectivity index is 2.12. The molecule has 3 N–H and O–H groups in total. The minimum atomic E-state index is -0.0758. The minimum absolute atomic E-state index is 0.0758. The van der Waals surface area contributed by atoms with E-state index >= 15 is 0 Å². The summed E-state index contributed by atoms with van der Waals surface area (Å²) in [5.41, 5.74) is 7.82. The van der Waals surface area contributed by atoms with E-state index in [4.69, 9.17) is 10.5 Å². The Morgan fingerprint density at radius 1 is 1.53 bits per heavy atom. The second-order valence-corrected chi connectivity index (χ2v) is 3.78. The van der Waals surface area contributed by atoms with Crippen LogP contribution in [0.2, 0.25) is 0 Å². The molecule has 0 bridgehead atoms. The lowest BCUT2D eigenvalue weighted by atomic mass is 10.1. The van der Waals surface area contributed by atoms with Crippen molar-refractivity contribution in [3.8, 4) is 0 Å². The standard InChI is InChI=1S/C11H14N2O2/c1-7-2-3-8(12)4-10(7)11(14)13-9-5-15-6-9/h2-4,9H,5-6,12H2,1H3,(H,13,14). The molecule has 0 spiro atoms. The van der Waals surface area contributed by atoms with E-state index in [0.717, 1.165) is 5.56 Å². The van der Waals surface area contributed by atoms with Crippen molar-refractivity contribution in [3.05, 3.63) is 29.3 Å². The van der Waals surface area contributed by atoms with Crippen LogP contribution in [0.25, 0.3) is 0 Å². The van der Waals surface area contributed by atoms with E-state index in [1.807, 2.05) is 13.0 Å². The molecule has 4 nitrogen and oxygen atoms in total. The fourth-order valence-corrected chi connectivity index (χ4v) is 1.47. The zero-order chi connectivity index (χ0) is 10.8. The average molecular weight is 206 g/mol. The lowest BCUT2D eigenvalue weighted by Crippen LogP contribution is -2.48. The summed E-state index contributed by atoms with van der Waals surface area (Å²) in [6.45, 7) is 3.10. The molecule has 1 aromatic carbocycles. The van der Waals surface area contributed by atoms with Gasteiger partial charge in [-0.05, 0) is 24.6 Å². The first-order valence-corrected chi connectivity index (χ1v) is 4.91. The lowest BCUT2D eigenvalue weighted by Gasteiger charge is -2.27. The minimum Gasteiger partial charge on any atom is -0.399 e. The summed E-state index contributed by atoms with van der Waals surface area (Å²) in [5, 5.41) is 2.88. The van der Waals surface area contributed by atoms with Gasteiger partial charge in [0.25, 0.3) is 5.91 Å². The number of nitrogens with one attached hydrogen (secondary N) is 1. The lowest BCUT2D eigenvalue weighted by molar-refractivity contribution is -0.00347. The highest BCUT2D eigenvalue weighted by molar-refractivity contribution is 5.96. The molecule has 1 aromatic rings. The molecule has 1 amide bonds. The second kappa shape index (κ2) is 3.90. The summed E-state index contributed by atoms with van der Waals surface area (Å²) < 4.78 is 4.99. The average Bonchev–Trinajstić information content (AvgIpc) is 2.15. The number of hydrogen-bond acceptors (Lipinski definition) is 3. The molecule has 1 aliphatic heterocycles. The molecule has 0 saturated carbocycles. The topological polar surface area (TPSA) is 64.4 Å².